The number of aromatic nitrogens is 2. The summed E-state index contributed by atoms with van der Waals surface area (Å²) in [5.41, 5.74) is 1.86. The van der Waals surface area contributed by atoms with Gasteiger partial charge in [-0.2, -0.15) is 5.10 Å². The molecule has 0 fully saturated rings. The summed E-state index contributed by atoms with van der Waals surface area (Å²) in [6.45, 7) is 0.707. The molecule has 4 nitrogen and oxygen atoms in total. The molecule has 96 valence electrons. The molecule has 0 atom stereocenters. The van der Waals surface area contributed by atoms with Crippen LogP contribution in [0.1, 0.15) is 18.4 Å². The Kier molecular flexibility index (Phi) is 4.75. The lowest BCUT2D eigenvalue weighted by Crippen LogP contribution is -1.98. The maximum absolute atomic E-state index is 10.6. The molecule has 0 aromatic carbocycles. The first-order valence-corrected chi connectivity index (χ1v) is 7.06. The van der Waals surface area contributed by atoms with Crippen LogP contribution in [0.15, 0.2) is 24.5 Å². The summed E-state index contributed by atoms with van der Waals surface area (Å²) >= 11 is 3.39. The van der Waals surface area contributed by atoms with Crippen molar-refractivity contribution in [2.24, 2.45) is 0 Å². The molecule has 2 aromatic heterocycles. The van der Waals surface area contributed by atoms with E-state index in [1.807, 2.05) is 18.3 Å². The monoisotopic (exact) mass is 310 g/mol. The third-order valence-corrected chi connectivity index (χ3v) is 3.23. The molecule has 5 heteroatoms. The molecule has 0 bridgehead atoms. The maximum atomic E-state index is 10.6. The van der Waals surface area contributed by atoms with Crippen LogP contribution in [-0.4, -0.2) is 27.8 Å². The summed E-state index contributed by atoms with van der Waals surface area (Å²) in [7, 11) is 0. The Morgan fingerprint density at radius 1 is 1.44 bits per heavy atom. The number of carbonyl (C=O) groups is 1. The van der Waals surface area contributed by atoms with Gasteiger partial charge in [0.25, 0.3) is 0 Å². The van der Waals surface area contributed by atoms with Gasteiger partial charge in [-0.1, -0.05) is 15.9 Å². The van der Waals surface area contributed by atoms with Crippen molar-refractivity contribution < 1.29 is 9.53 Å². The standard InChI is InChI=1S/C13H15BrN2O2/c14-5-1-2-8-18-12-3-6-16-13(9-12)11(4-7-17)10-15-16/h3,6-7,9-10H,1-2,4-5,8H2. The predicted molar refractivity (Wildman–Crippen MR) is 73.5 cm³/mol. The van der Waals surface area contributed by atoms with Gasteiger partial charge >= 0.3 is 0 Å². The number of ether oxygens (including phenoxy) is 1. The molecule has 0 N–H and O–H groups in total. The summed E-state index contributed by atoms with van der Waals surface area (Å²) in [6.07, 6.45) is 6.97. The van der Waals surface area contributed by atoms with E-state index in [4.69, 9.17) is 4.74 Å². The molecule has 2 aromatic rings. The second-order valence-corrected chi connectivity index (χ2v) is 4.77. The van der Waals surface area contributed by atoms with E-state index in [0.717, 1.165) is 41.3 Å². The van der Waals surface area contributed by atoms with E-state index in [2.05, 4.69) is 21.0 Å². The fourth-order valence-electron chi connectivity index (χ4n) is 1.74. The van der Waals surface area contributed by atoms with E-state index < -0.39 is 0 Å². The number of unbranched alkanes of at least 4 members (excludes halogenated alkanes) is 1. The van der Waals surface area contributed by atoms with Gasteiger partial charge in [0.2, 0.25) is 0 Å². The van der Waals surface area contributed by atoms with Crippen molar-refractivity contribution >= 4 is 27.7 Å². The highest BCUT2D eigenvalue weighted by atomic mass is 79.9. The van der Waals surface area contributed by atoms with Crippen molar-refractivity contribution in [3.05, 3.63) is 30.1 Å². The minimum Gasteiger partial charge on any atom is -0.493 e. The van der Waals surface area contributed by atoms with Crippen molar-refractivity contribution in [2.75, 3.05) is 11.9 Å². The number of fused-ring (bicyclic) bond motifs is 1. The Morgan fingerprint density at radius 3 is 3.11 bits per heavy atom. The maximum Gasteiger partial charge on any atom is 0.124 e. The second-order valence-electron chi connectivity index (χ2n) is 3.98. The average Bonchev–Trinajstić information content (AvgIpc) is 2.78. The molecule has 0 saturated heterocycles. The number of carbonyl (C=O) groups excluding carboxylic acids is 1. The van der Waals surface area contributed by atoms with E-state index in [1.165, 1.54) is 0 Å². The van der Waals surface area contributed by atoms with Gasteiger partial charge in [-0.25, -0.2) is 4.52 Å². The SMILES string of the molecule is O=CCc1cnn2ccc(OCCCCBr)cc12. The van der Waals surface area contributed by atoms with Crippen molar-refractivity contribution in [3.63, 3.8) is 0 Å². The number of aldehydes is 1. The van der Waals surface area contributed by atoms with E-state index in [0.29, 0.717) is 13.0 Å². The minimum absolute atomic E-state index is 0.385. The smallest absolute Gasteiger partial charge is 0.124 e. The lowest BCUT2D eigenvalue weighted by Gasteiger charge is -2.06. The highest BCUT2D eigenvalue weighted by Crippen LogP contribution is 2.18. The molecule has 18 heavy (non-hydrogen) atoms. The third-order valence-electron chi connectivity index (χ3n) is 2.67. The minimum atomic E-state index is 0.385. The first-order valence-electron chi connectivity index (χ1n) is 5.94. The van der Waals surface area contributed by atoms with Gasteiger partial charge in [0.15, 0.2) is 0 Å². The third kappa shape index (κ3) is 3.10. The number of rotatable bonds is 7. The molecule has 0 amide bonds. The summed E-state index contributed by atoms with van der Waals surface area (Å²) in [5.74, 6) is 0.824. The van der Waals surface area contributed by atoms with E-state index >= 15 is 0 Å². The van der Waals surface area contributed by atoms with Gasteiger partial charge < -0.3 is 9.53 Å². The fourth-order valence-corrected chi connectivity index (χ4v) is 2.13. The van der Waals surface area contributed by atoms with Crippen LogP contribution < -0.4 is 4.74 Å². The highest BCUT2D eigenvalue weighted by molar-refractivity contribution is 9.09. The molecular formula is C13H15BrN2O2. The van der Waals surface area contributed by atoms with Gasteiger partial charge in [0.1, 0.15) is 12.0 Å². The molecule has 2 heterocycles. The number of hydrogen-bond donors (Lipinski definition) is 0. The number of halogens is 1. The Labute approximate surface area is 114 Å². The number of pyridine rings is 1. The van der Waals surface area contributed by atoms with E-state index in [1.54, 1.807) is 10.7 Å². The topological polar surface area (TPSA) is 43.6 Å². The van der Waals surface area contributed by atoms with Crippen molar-refractivity contribution in [1.82, 2.24) is 9.61 Å². The Balaban J connectivity index is 2.09. The first-order chi connectivity index (χ1) is 8.85. The molecule has 2 rings (SSSR count). The van der Waals surface area contributed by atoms with Crippen LogP contribution >= 0.6 is 15.9 Å². The van der Waals surface area contributed by atoms with Gasteiger partial charge in [-0.3, -0.25) is 0 Å². The Bertz CT molecular complexity index is 525. The van der Waals surface area contributed by atoms with E-state index in [9.17, 15) is 4.79 Å². The Morgan fingerprint density at radius 2 is 2.33 bits per heavy atom. The molecule has 0 spiro atoms. The summed E-state index contributed by atoms with van der Waals surface area (Å²) in [5, 5.41) is 5.19. The lowest BCUT2D eigenvalue weighted by molar-refractivity contribution is -0.107. The van der Waals surface area contributed by atoms with Crippen LogP contribution in [0.25, 0.3) is 5.52 Å². The lowest BCUT2D eigenvalue weighted by atomic mass is 10.2. The molecule has 0 unspecified atom stereocenters. The van der Waals surface area contributed by atoms with Crippen LogP contribution in [0.2, 0.25) is 0 Å². The van der Waals surface area contributed by atoms with Crippen molar-refractivity contribution in [3.8, 4) is 5.75 Å². The zero-order valence-corrected chi connectivity index (χ0v) is 11.6. The van der Waals surface area contributed by atoms with Crippen LogP contribution in [0, 0.1) is 0 Å². The van der Waals surface area contributed by atoms with Gasteiger partial charge in [-0.05, 0) is 18.9 Å². The summed E-state index contributed by atoms with van der Waals surface area (Å²) in [4.78, 5) is 10.6. The highest BCUT2D eigenvalue weighted by Gasteiger charge is 2.05. The zero-order chi connectivity index (χ0) is 12.8. The average molecular weight is 311 g/mol. The normalized spacial score (nSPS) is 10.7. The second kappa shape index (κ2) is 6.54. The van der Waals surface area contributed by atoms with Crippen LogP contribution in [0.3, 0.4) is 0 Å². The van der Waals surface area contributed by atoms with Crippen LogP contribution in [0.4, 0.5) is 0 Å². The summed E-state index contributed by atoms with van der Waals surface area (Å²) in [6, 6.07) is 3.82. The van der Waals surface area contributed by atoms with Gasteiger partial charge in [0, 0.05) is 29.6 Å². The molecule has 0 aliphatic heterocycles. The number of hydrogen-bond acceptors (Lipinski definition) is 3. The van der Waals surface area contributed by atoms with Gasteiger partial charge in [-0.15, -0.1) is 0 Å². The van der Waals surface area contributed by atoms with Crippen molar-refractivity contribution in [1.29, 1.82) is 0 Å². The molecule has 0 aliphatic carbocycles. The first kappa shape index (κ1) is 13.1. The number of nitrogens with zero attached hydrogens (tertiary/aromatic N) is 2. The molecular weight excluding hydrogens is 296 g/mol. The predicted octanol–water partition coefficient (Wildman–Crippen LogP) is 2.63. The molecule has 0 saturated carbocycles. The van der Waals surface area contributed by atoms with Gasteiger partial charge in [0.05, 0.1) is 18.3 Å². The molecule has 0 radical (unpaired) electrons. The van der Waals surface area contributed by atoms with E-state index in [-0.39, 0.29) is 0 Å². The quantitative estimate of drug-likeness (QED) is 0.448. The zero-order valence-electron chi connectivity index (χ0n) is 10.0. The Hall–Kier alpha value is -1.36. The van der Waals surface area contributed by atoms with Crippen molar-refractivity contribution in [2.45, 2.75) is 19.3 Å². The molecule has 0 aliphatic rings. The largest absolute Gasteiger partial charge is 0.493 e. The number of alkyl halides is 1. The fraction of sp³-hybridized carbons (Fsp3) is 0.385. The van der Waals surface area contributed by atoms with Crippen LogP contribution in [0.5, 0.6) is 5.75 Å². The summed E-state index contributed by atoms with van der Waals surface area (Å²) < 4.78 is 7.42. The van der Waals surface area contributed by atoms with Crippen LogP contribution in [-0.2, 0) is 11.2 Å².